The first-order valence-corrected chi connectivity index (χ1v) is 8.08. The summed E-state index contributed by atoms with van der Waals surface area (Å²) >= 11 is 0. The number of fused-ring (bicyclic) bond motifs is 1. The van der Waals surface area contributed by atoms with Crippen LogP contribution in [0.15, 0.2) is 0 Å². The van der Waals surface area contributed by atoms with Crippen molar-refractivity contribution in [3.05, 3.63) is 0 Å². The van der Waals surface area contributed by atoms with Crippen LogP contribution in [0.3, 0.4) is 0 Å². The third-order valence-electron chi connectivity index (χ3n) is 4.94. The fraction of sp³-hybridized carbons (Fsp3) is 0.875. The molecule has 5 nitrogen and oxygen atoms in total. The molecule has 0 aromatic heterocycles. The Bertz CT molecular complexity index is 393. The number of hydrogen-bond acceptors (Lipinski definition) is 4. The van der Waals surface area contributed by atoms with Crippen molar-refractivity contribution >= 4 is 11.9 Å². The van der Waals surface area contributed by atoms with Gasteiger partial charge in [0.1, 0.15) is 5.54 Å². The van der Waals surface area contributed by atoms with Crippen molar-refractivity contribution < 1.29 is 14.3 Å². The molecule has 5 heteroatoms. The topological polar surface area (TPSA) is 58.6 Å². The third kappa shape index (κ3) is 3.76. The van der Waals surface area contributed by atoms with Crippen molar-refractivity contribution in [1.82, 2.24) is 10.2 Å². The highest BCUT2D eigenvalue weighted by Gasteiger charge is 2.36. The molecule has 1 aliphatic heterocycles. The molecule has 0 radical (unpaired) electrons. The second kappa shape index (κ2) is 6.77. The average Bonchev–Trinajstić information content (AvgIpc) is 2.51. The number of esters is 1. The standard InChI is InChI=1S/C16H28N2O3/c1-16(2,15(20)21-3)17-11-14(19)18-10-6-8-12-7-4-5-9-13(12)18/h12-13,17H,4-11H2,1-3H3/t12-,13+/m0/s1. The van der Waals surface area contributed by atoms with E-state index in [0.29, 0.717) is 12.0 Å². The predicted molar refractivity (Wildman–Crippen MR) is 80.8 cm³/mol. The highest BCUT2D eigenvalue weighted by atomic mass is 16.5. The normalized spacial score (nSPS) is 26.1. The summed E-state index contributed by atoms with van der Waals surface area (Å²) < 4.78 is 4.75. The second-order valence-electron chi connectivity index (χ2n) is 6.81. The van der Waals surface area contributed by atoms with Crippen LogP contribution >= 0.6 is 0 Å². The van der Waals surface area contributed by atoms with Gasteiger partial charge < -0.3 is 9.64 Å². The van der Waals surface area contributed by atoms with Crippen LogP contribution in [0.5, 0.6) is 0 Å². The summed E-state index contributed by atoms with van der Waals surface area (Å²) in [6, 6.07) is 0.419. The van der Waals surface area contributed by atoms with Gasteiger partial charge in [0.05, 0.1) is 13.7 Å². The highest BCUT2D eigenvalue weighted by Crippen LogP contribution is 2.35. The van der Waals surface area contributed by atoms with Gasteiger partial charge in [-0.3, -0.25) is 14.9 Å². The molecular weight excluding hydrogens is 268 g/mol. The van der Waals surface area contributed by atoms with Crippen molar-refractivity contribution in [1.29, 1.82) is 0 Å². The Balaban J connectivity index is 1.91. The number of nitrogens with zero attached hydrogens (tertiary/aromatic N) is 1. The monoisotopic (exact) mass is 296 g/mol. The van der Waals surface area contributed by atoms with Gasteiger partial charge in [0, 0.05) is 12.6 Å². The van der Waals surface area contributed by atoms with Crippen molar-refractivity contribution in [2.75, 3.05) is 20.2 Å². The molecule has 1 amide bonds. The molecule has 2 aliphatic rings. The van der Waals surface area contributed by atoms with E-state index >= 15 is 0 Å². The van der Waals surface area contributed by atoms with Crippen LogP contribution in [0, 0.1) is 5.92 Å². The number of carbonyl (C=O) groups is 2. The number of methoxy groups -OCH3 is 1. The highest BCUT2D eigenvalue weighted by molar-refractivity contribution is 5.82. The number of amides is 1. The first-order valence-electron chi connectivity index (χ1n) is 8.08. The van der Waals surface area contributed by atoms with Gasteiger partial charge in [0.25, 0.3) is 0 Å². The quantitative estimate of drug-likeness (QED) is 0.802. The maximum absolute atomic E-state index is 12.5. The fourth-order valence-corrected chi connectivity index (χ4v) is 3.66. The van der Waals surface area contributed by atoms with E-state index in [-0.39, 0.29) is 18.4 Å². The summed E-state index contributed by atoms with van der Waals surface area (Å²) in [5.41, 5.74) is -0.827. The molecular formula is C16H28N2O3. The zero-order valence-corrected chi connectivity index (χ0v) is 13.5. The van der Waals surface area contributed by atoms with Crippen molar-refractivity contribution in [2.45, 2.75) is 64.0 Å². The SMILES string of the molecule is COC(=O)C(C)(C)NCC(=O)N1CCC[C@@H]2CCCC[C@H]21. The van der Waals surface area contributed by atoms with Crippen molar-refractivity contribution in [3.8, 4) is 0 Å². The molecule has 120 valence electrons. The summed E-state index contributed by atoms with van der Waals surface area (Å²) in [7, 11) is 1.37. The number of piperidine rings is 1. The van der Waals surface area contributed by atoms with Crippen LogP contribution in [0.4, 0.5) is 0 Å². The van der Waals surface area contributed by atoms with Gasteiger partial charge in [-0.2, -0.15) is 0 Å². The van der Waals surface area contributed by atoms with Gasteiger partial charge in [0.15, 0.2) is 0 Å². The van der Waals surface area contributed by atoms with E-state index in [4.69, 9.17) is 4.74 Å². The lowest BCUT2D eigenvalue weighted by Gasteiger charge is -2.44. The number of rotatable bonds is 4. The maximum Gasteiger partial charge on any atom is 0.325 e. The van der Waals surface area contributed by atoms with E-state index in [1.54, 1.807) is 13.8 Å². The Labute approximate surface area is 127 Å². The molecule has 1 aliphatic carbocycles. The van der Waals surface area contributed by atoms with E-state index in [2.05, 4.69) is 5.32 Å². The minimum Gasteiger partial charge on any atom is -0.468 e. The number of likely N-dealkylation sites (tertiary alicyclic amines) is 1. The summed E-state index contributed by atoms with van der Waals surface area (Å²) in [5, 5.41) is 3.04. The molecule has 1 saturated carbocycles. The van der Waals surface area contributed by atoms with E-state index in [1.807, 2.05) is 4.90 Å². The smallest absolute Gasteiger partial charge is 0.325 e. The Morgan fingerprint density at radius 1 is 1.19 bits per heavy atom. The minimum absolute atomic E-state index is 0.114. The van der Waals surface area contributed by atoms with Crippen molar-refractivity contribution in [2.24, 2.45) is 5.92 Å². The zero-order chi connectivity index (χ0) is 15.5. The Morgan fingerprint density at radius 3 is 2.57 bits per heavy atom. The van der Waals surface area contributed by atoms with E-state index in [9.17, 15) is 9.59 Å². The van der Waals surface area contributed by atoms with Gasteiger partial charge in [-0.05, 0) is 45.4 Å². The summed E-state index contributed by atoms with van der Waals surface area (Å²) in [4.78, 5) is 26.2. The summed E-state index contributed by atoms with van der Waals surface area (Å²) in [6.45, 7) is 4.54. The van der Waals surface area contributed by atoms with Crippen LogP contribution in [0.2, 0.25) is 0 Å². The van der Waals surface area contributed by atoms with Crippen LogP contribution < -0.4 is 5.32 Å². The molecule has 0 aromatic carbocycles. The van der Waals surface area contributed by atoms with Gasteiger partial charge in [-0.25, -0.2) is 0 Å². The van der Waals surface area contributed by atoms with Gasteiger partial charge >= 0.3 is 5.97 Å². The number of ether oxygens (including phenoxy) is 1. The molecule has 0 aromatic rings. The number of hydrogen-bond donors (Lipinski definition) is 1. The predicted octanol–water partition coefficient (Wildman–Crippen LogP) is 1.71. The maximum atomic E-state index is 12.5. The Hall–Kier alpha value is -1.10. The number of nitrogens with one attached hydrogen (secondary N) is 1. The molecule has 21 heavy (non-hydrogen) atoms. The summed E-state index contributed by atoms with van der Waals surface area (Å²) in [5.74, 6) is 0.457. The lowest BCUT2D eigenvalue weighted by atomic mass is 9.78. The summed E-state index contributed by atoms with van der Waals surface area (Å²) in [6.07, 6.45) is 7.29. The average molecular weight is 296 g/mol. The van der Waals surface area contributed by atoms with E-state index in [0.717, 1.165) is 19.4 Å². The first-order chi connectivity index (χ1) is 9.95. The van der Waals surface area contributed by atoms with Gasteiger partial charge in [0.2, 0.25) is 5.91 Å². The molecule has 0 bridgehead atoms. The number of carbonyl (C=O) groups excluding carboxylic acids is 2. The Morgan fingerprint density at radius 2 is 1.86 bits per heavy atom. The largest absolute Gasteiger partial charge is 0.468 e. The van der Waals surface area contributed by atoms with Crippen molar-refractivity contribution in [3.63, 3.8) is 0 Å². The molecule has 0 unspecified atom stereocenters. The molecule has 1 saturated heterocycles. The van der Waals surface area contributed by atoms with Gasteiger partial charge in [-0.1, -0.05) is 12.8 Å². The van der Waals surface area contributed by atoms with Crippen LogP contribution in [0.1, 0.15) is 52.4 Å². The molecule has 2 rings (SSSR count). The lowest BCUT2D eigenvalue weighted by Crippen LogP contribution is -2.55. The second-order valence-corrected chi connectivity index (χ2v) is 6.81. The molecule has 0 spiro atoms. The van der Waals surface area contributed by atoms with Crippen LogP contribution in [-0.4, -0.2) is 48.6 Å². The molecule has 2 fully saturated rings. The van der Waals surface area contributed by atoms with E-state index in [1.165, 1.54) is 32.8 Å². The Kier molecular flexibility index (Phi) is 5.25. The van der Waals surface area contributed by atoms with Crippen LogP contribution in [-0.2, 0) is 14.3 Å². The first kappa shape index (κ1) is 16.3. The molecule has 2 atom stereocenters. The zero-order valence-electron chi connectivity index (χ0n) is 13.5. The van der Waals surface area contributed by atoms with E-state index < -0.39 is 5.54 Å². The molecule has 1 N–H and O–H groups in total. The van der Waals surface area contributed by atoms with Crippen LogP contribution in [0.25, 0.3) is 0 Å². The third-order valence-corrected chi connectivity index (χ3v) is 4.94. The lowest BCUT2D eigenvalue weighted by molar-refractivity contribution is -0.147. The minimum atomic E-state index is -0.827. The van der Waals surface area contributed by atoms with Gasteiger partial charge in [-0.15, -0.1) is 0 Å². The fourth-order valence-electron chi connectivity index (χ4n) is 3.66. The molecule has 1 heterocycles.